The molecule has 0 radical (unpaired) electrons. The fraction of sp³-hybridized carbons (Fsp3) is 0.562. The van der Waals surface area contributed by atoms with E-state index >= 15 is 0 Å². The maximum atomic E-state index is 8.82. The van der Waals surface area contributed by atoms with Gasteiger partial charge in [-0.1, -0.05) is 13.8 Å². The average molecular weight is 242 g/mol. The highest BCUT2D eigenvalue weighted by Gasteiger charge is 2.26. The van der Waals surface area contributed by atoms with E-state index in [0.29, 0.717) is 6.04 Å². The molecule has 0 saturated heterocycles. The molecule has 0 bridgehead atoms. The molecule has 0 spiro atoms. The zero-order chi connectivity index (χ0) is 13.1. The van der Waals surface area contributed by atoms with Crippen LogP contribution in [0.5, 0.6) is 0 Å². The largest absolute Gasteiger partial charge is 0.372 e. The third kappa shape index (κ3) is 2.85. The Labute approximate surface area is 110 Å². The molecule has 0 aromatic heterocycles. The molecule has 2 nitrogen and oxygen atoms in total. The number of nitriles is 1. The Balaban J connectivity index is 2.10. The molecule has 1 aromatic carbocycles. The van der Waals surface area contributed by atoms with Crippen molar-refractivity contribution in [2.24, 2.45) is 11.8 Å². The van der Waals surface area contributed by atoms with Gasteiger partial charge in [0, 0.05) is 18.8 Å². The molecule has 0 aliphatic heterocycles. The number of hydrogen-bond acceptors (Lipinski definition) is 2. The van der Waals surface area contributed by atoms with E-state index in [1.165, 1.54) is 24.9 Å². The van der Waals surface area contributed by atoms with Crippen molar-refractivity contribution in [1.29, 1.82) is 5.26 Å². The van der Waals surface area contributed by atoms with Crippen LogP contribution >= 0.6 is 0 Å². The highest BCUT2D eigenvalue weighted by atomic mass is 15.1. The normalized spacial score (nSPS) is 27.6. The van der Waals surface area contributed by atoms with Crippen molar-refractivity contribution in [1.82, 2.24) is 0 Å². The minimum absolute atomic E-state index is 0.636. The highest BCUT2D eigenvalue weighted by molar-refractivity contribution is 5.49. The van der Waals surface area contributed by atoms with Crippen LogP contribution in [0.3, 0.4) is 0 Å². The minimum atomic E-state index is 0.636. The summed E-state index contributed by atoms with van der Waals surface area (Å²) in [6.07, 6.45) is 3.92. The van der Waals surface area contributed by atoms with Crippen LogP contribution in [0.25, 0.3) is 0 Å². The first-order valence-electron chi connectivity index (χ1n) is 6.83. The first-order valence-corrected chi connectivity index (χ1v) is 6.83. The first-order chi connectivity index (χ1) is 8.60. The van der Waals surface area contributed by atoms with Crippen LogP contribution < -0.4 is 4.90 Å². The summed E-state index contributed by atoms with van der Waals surface area (Å²) < 4.78 is 0. The molecular weight excluding hydrogens is 220 g/mol. The molecule has 2 atom stereocenters. The molecule has 0 N–H and O–H groups in total. The van der Waals surface area contributed by atoms with Crippen molar-refractivity contribution in [3.8, 4) is 6.07 Å². The molecule has 1 aliphatic carbocycles. The van der Waals surface area contributed by atoms with E-state index in [9.17, 15) is 0 Å². The average Bonchev–Trinajstić information content (AvgIpc) is 2.37. The van der Waals surface area contributed by atoms with Gasteiger partial charge in [0.25, 0.3) is 0 Å². The Morgan fingerprint density at radius 3 is 2.11 bits per heavy atom. The summed E-state index contributed by atoms with van der Waals surface area (Å²) in [5.74, 6) is 1.64. The maximum absolute atomic E-state index is 8.82. The van der Waals surface area contributed by atoms with Gasteiger partial charge in [-0.3, -0.25) is 0 Å². The van der Waals surface area contributed by atoms with Gasteiger partial charge in [0.15, 0.2) is 0 Å². The van der Waals surface area contributed by atoms with E-state index in [1.54, 1.807) is 0 Å². The fourth-order valence-corrected chi connectivity index (χ4v) is 3.20. The summed E-state index contributed by atoms with van der Waals surface area (Å²) in [6.45, 7) is 4.71. The lowest BCUT2D eigenvalue weighted by Gasteiger charge is -2.38. The molecule has 2 unspecified atom stereocenters. The summed E-state index contributed by atoms with van der Waals surface area (Å²) in [5, 5.41) is 8.82. The second-order valence-corrected chi connectivity index (χ2v) is 5.84. The van der Waals surface area contributed by atoms with Crippen LogP contribution in [0.1, 0.15) is 38.7 Å². The summed E-state index contributed by atoms with van der Waals surface area (Å²) in [6, 6.07) is 10.7. The molecule has 1 fully saturated rings. The summed E-state index contributed by atoms with van der Waals surface area (Å²) in [7, 11) is 2.18. The lowest BCUT2D eigenvalue weighted by atomic mass is 9.80. The summed E-state index contributed by atoms with van der Waals surface area (Å²) in [5.41, 5.74) is 1.96. The van der Waals surface area contributed by atoms with E-state index in [4.69, 9.17) is 5.26 Å². The van der Waals surface area contributed by atoms with Crippen molar-refractivity contribution < 1.29 is 0 Å². The number of anilines is 1. The van der Waals surface area contributed by atoms with Gasteiger partial charge in [0.05, 0.1) is 11.6 Å². The summed E-state index contributed by atoms with van der Waals surface area (Å²) >= 11 is 0. The quantitative estimate of drug-likeness (QED) is 0.788. The Hall–Kier alpha value is -1.49. The zero-order valence-corrected chi connectivity index (χ0v) is 11.6. The monoisotopic (exact) mass is 242 g/mol. The standard InChI is InChI=1S/C16H22N2/c1-12-8-13(2)10-16(9-12)18(3)15-6-4-14(11-17)5-7-15/h4-7,12-13,16H,8-10H2,1-3H3. The maximum Gasteiger partial charge on any atom is 0.0991 e. The van der Waals surface area contributed by atoms with Crippen molar-refractivity contribution in [3.63, 3.8) is 0 Å². The number of rotatable bonds is 2. The van der Waals surface area contributed by atoms with Crippen molar-refractivity contribution in [3.05, 3.63) is 29.8 Å². The van der Waals surface area contributed by atoms with Gasteiger partial charge in [-0.15, -0.1) is 0 Å². The highest BCUT2D eigenvalue weighted by Crippen LogP contribution is 2.33. The zero-order valence-electron chi connectivity index (χ0n) is 11.6. The van der Waals surface area contributed by atoms with Gasteiger partial charge in [-0.25, -0.2) is 0 Å². The van der Waals surface area contributed by atoms with Gasteiger partial charge >= 0.3 is 0 Å². The van der Waals surface area contributed by atoms with Crippen LogP contribution in [0.2, 0.25) is 0 Å². The first kappa shape index (κ1) is 13.0. The Kier molecular flexibility index (Phi) is 3.91. The third-order valence-electron chi connectivity index (χ3n) is 4.11. The Morgan fingerprint density at radius 2 is 1.61 bits per heavy atom. The second-order valence-electron chi connectivity index (χ2n) is 5.84. The van der Waals surface area contributed by atoms with Gasteiger partial charge in [0.2, 0.25) is 0 Å². The lowest BCUT2D eigenvalue weighted by molar-refractivity contribution is 0.264. The van der Waals surface area contributed by atoms with Crippen molar-refractivity contribution in [2.45, 2.75) is 39.2 Å². The van der Waals surface area contributed by atoms with Crippen LogP contribution in [-0.2, 0) is 0 Å². The molecule has 1 aliphatic rings. The molecule has 18 heavy (non-hydrogen) atoms. The van der Waals surface area contributed by atoms with Crippen molar-refractivity contribution >= 4 is 5.69 Å². The minimum Gasteiger partial charge on any atom is -0.372 e. The van der Waals surface area contributed by atoms with E-state index in [-0.39, 0.29) is 0 Å². The Bertz CT molecular complexity index is 419. The van der Waals surface area contributed by atoms with Crippen LogP contribution in [0.15, 0.2) is 24.3 Å². The second kappa shape index (κ2) is 5.44. The smallest absolute Gasteiger partial charge is 0.0991 e. The van der Waals surface area contributed by atoms with Gasteiger partial charge in [-0.2, -0.15) is 5.26 Å². The predicted molar refractivity (Wildman–Crippen MR) is 75.5 cm³/mol. The number of hydrogen-bond donors (Lipinski definition) is 0. The molecular formula is C16H22N2. The SMILES string of the molecule is CC1CC(C)CC(N(C)c2ccc(C#N)cc2)C1. The molecule has 1 saturated carbocycles. The van der Waals surface area contributed by atoms with E-state index < -0.39 is 0 Å². The van der Waals surface area contributed by atoms with Crippen LogP contribution in [-0.4, -0.2) is 13.1 Å². The van der Waals surface area contributed by atoms with Gasteiger partial charge in [0.1, 0.15) is 0 Å². The molecule has 0 amide bonds. The van der Waals surface area contributed by atoms with Gasteiger partial charge < -0.3 is 4.90 Å². The molecule has 2 heteroatoms. The van der Waals surface area contributed by atoms with E-state index in [2.05, 4.69) is 44.0 Å². The lowest BCUT2D eigenvalue weighted by Crippen LogP contribution is -2.38. The van der Waals surface area contributed by atoms with E-state index in [1.807, 2.05) is 12.1 Å². The number of benzene rings is 1. The fourth-order valence-electron chi connectivity index (χ4n) is 3.20. The molecule has 96 valence electrons. The predicted octanol–water partition coefficient (Wildman–Crippen LogP) is 3.82. The van der Waals surface area contributed by atoms with Crippen LogP contribution in [0, 0.1) is 23.2 Å². The molecule has 1 aromatic rings. The topological polar surface area (TPSA) is 27.0 Å². The molecule has 0 heterocycles. The van der Waals surface area contributed by atoms with Crippen molar-refractivity contribution in [2.75, 3.05) is 11.9 Å². The summed E-state index contributed by atoms with van der Waals surface area (Å²) in [4.78, 5) is 2.38. The third-order valence-corrected chi connectivity index (χ3v) is 4.11. The van der Waals surface area contributed by atoms with Gasteiger partial charge in [-0.05, 0) is 55.4 Å². The molecule has 2 rings (SSSR count). The van der Waals surface area contributed by atoms with E-state index in [0.717, 1.165) is 17.4 Å². The van der Waals surface area contributed by atoms with Crippen LogP contribution in [0.4, 0.5) is 5.69 Å². The Morgan fingerprint density at radius 1 is 1.06 bits per heavy atom. The number of nitrogens with zero attached hydrogens (tertiary/aromatic N) is 2.